The van der Waals surface area contributed by atoms with Gasteiger partial charge in [-0.15, -0.1) is 0 Å². The molecule has 2 aromatic rings. The summed E-state index contributed by atoms with van der Waals surface area (Å²) in [4.78, 5) is 14.3. The van der Waals surface area contributed by atoms with Gasteiger partial charge in [0.05, 0.1) is 6.20 Å². The van der Waals surface area contributed by atoms with Crippen LogP contribution in [0, 0.1) is 6.92 Å². The number of carbonyl (C=O) groups is 1. The Balaban J connectivity index is 2.02. The van der Waals surface area contributed by atoms with Crippen LogP contribution in [0.3, 0.4) is 0 Å². The highest BCUT2D eigenvalue weighted by molar-refractivity contribution is 6.07. The number of hydrogen-bond donors (Lipinski definition) is 1. The predicted molar refractivity (Wildman–Crippen MR) is 71.0 cm³/mol. The lowest BCUT2D eigenvalue weighted by Crippen LogP contribution is -2.46. The Morgan fingerprint density at radius 1 is 1.47 bits per heavy atom. The average Bonchev–Trinajstić information content (AvgIpc) is 2.83. The molecule has 0 saturated carbocycles. The van der Waals surface area contributed by atoms with Gasteiger partial charge in [-0.1, -0.05) is 23.4 Å². The van der Waals surface area contributed by atoms with Crippen molar-refractivity contribution in [1.29, 1.82) is 0 Å². The van der Waals surface area contributed by atoms with Crippen LogP contribution in [0.15, 0.2) is 35.0 Å². The largest absolute Gasteiger partial charge is 0.361 e. The molecular formula is C14H15N3O2. The van der Waals surface area contributed by atoms with Gasteiger partial charge in [-0.25, -0.2) is 0 Å². The van der Waals surface area contributed by atoms with Crippen molar-refractivity contribution >= 4 is 11.6 Å². The molecule has 98 valence electrons. The van der Waals surface area contributed by atoms with Crippen LogP contribution in [0.2, 0.25) is 0 Å². The molecule has 0 saturated heterocycles. The van der Waals surface area contributed by atoms with Crippen LogP contribution in [0.1, 0.15) is 21.7 Å². The van der Waals surface area contributed by atoms with Gasteiger partial charge in [-0.3, -0.25) is 4.79 Å². The molecule has 0 aliphatic carbocycles. The lowest BCUT2D eigenvalue weighted by molar-refractivity contribution is 0.0982. The van der Waals surface area contributed by atoms with Crippen LogP contribution in [0.4, 0.5) is 5.69 Å². The van der Waals surface area contributed by atoms with E-state index in [1.54, 1.807) is 11.8 Å². The maximum atomic E-state index is 12.6. The van der Waals surface area contributed by atoms with Crippen molar-refractivity contribution in [2.75, 3.05) is 11.4 Å². The van der Waals surface area contributed by atoms with Crippen molar-refractivity contribution in [3.63, 3.8) is 0 Å². The number of fused-ring (bicyclic) bond motifs is 1. The molecule has 1 unspecified atom stereocenters. The number of amides is 1. The molecule has 0 fully saturated rings. The Labute approximate surface area is 111 Å². The molecule has 1 aliphatic rings. The Bertz CT molecular complexity index is 621. The highest BCUT2D eigenvalue weighted by atomic mass is 16.5. The quantitative estimate of drug-likeness (QED) is 0.840. The Morgan fingerprint density at radius 2 is 2.26 bits per heavy atom. The number of hydrogen-bond acceptors (Lipinski definition) is 4. The standard InChI is InChI=1S/C14H15N3O2/c1-9-12(7-16-19-9)14(18)17-8-11(15)6-10-4-2-3-5-13(10)17/h2-5,7,11H,6,8,15H2,1H3. The molecule has 1 amide bonds. The lowest BCUT2D eigenvalue weighted by Gasteiger charge is -2.32. The molecule has 0 spiro atoms. The van der Waals surface area contributed by atoms with Gasteiger partial charge in [0.2, 0.25) is 0 Å². The zero-order valence-corrected chi connectivity index (χ0v) is 10.7. The second-order valence-electron chi connectivity index (χ2n) is 4.80. The zero-order chi connectivity index (χ0) is 13.4. The first-order valence-electron chi connectivity index (χ1n) is 6.23. The van der Waals surface area contributed by atoms with Crippen LogP contribution in [0.25, 0.3) is 0 Å². The fourth-order valence-corrected chi connectivity index (χ4v) is 2.47. The zero-order valence-electron chi connectivity index (χ0n) is 10.7. The number of para-hydroxylation sites is 1. The summed E-state index contributed by atoms with van der Waals surface area (Å²) < 4.78 is 4.96. The second-order valence-corrected chi connectivity index (χ2v) is 4.80. The third-order valence-electron chi connectivity index (χ3n) is 3.41. The number of benzene rings is 1. The minimum Gasteiger partial charge on any atom is -0.361 e. The van der Waals surface area contributed by atoms with Crippen LogP contribution in [-0.4, -0.2) is 23.7 Å². The normalized spacial score (nSPS) is 18.2. The summed E-state index contributed by atoms with van der Waals surface area (Å²) in [7, 11) is 0. The minimum absolute atomic E-state index is 0.0426. The molecular weight excluding hydrogens is 242 g/mol. The smallest absolute Gasteiger partial charge is 0.263 e. The number of nitrogens with zero attached hydrogens (tertiary/aromatic N) is 2. The predicted octanol–water partition coefficient (Wildman–Crippen LogP) is 1.51. The Morgan fingerprint density at radius 3 is 3.00 bits per heavy atom. The third-order valence-corrected chi connectivity index (χ3v) is 3.41. The van der Waals surface area contributed by atoms with Crippen LogP contribution >= 0.6 is 0 Å². The van der Waals surface area contributed by atoms with Crippen molar-refractivity contribution in [2.45, 2.75) is 19.4 Å². The maximum Gasteiger partial charge on any atom is 0.263 e. The molecule has 1 aliphatic heterocycles. The number of aromatic nitrogens is 1. The fraction of sp³-hybridized carbons (Fsp3) is 0.286. The Hall–Kier alpha value is -2.14. The highest BCUT2D eigenvalue weighted by Crippen LogP contribution is 2.28. The number of nitrogens with two attached hydrogens (primary N) is 1. The third kappa shape index (κ3) is 2.02. The molecule has 0 radical (unpaired) electrons. The Kier molecular flexibility index (Phi) is 2.83. The molecule has 1 atom stereocenters. The first kappa shape index (κ1) is 11.9. The average molecular weight is 257 g/mol. The van der Waals surface area contributed by atoms with Crippen molar-refractivity contribution in [1.82, 2.24) is 5.16 Å². The maximum absolute atomic E-state index is 12.6. The van der Waals surface area contributed by atoms with E-state index in [2.05, 4.69) is 5.16 Å². The van der Waals surface area contributed by atoms with Gasteiger partial charge >= 0.3 is 0 Å². The molecule has 2 heterocycles. The molecule has 5 nitrogen and oxygen atoms in total. The summed E-state index contributed by atoms with van der Waals surface area (Å²) in [5, 5.41) is 3.66. The number of carbonyl (C=O) groups excluding carboxylic acids is 1. The molecule has 1 aromatic carbocycles. The van der Waals surface area contributed by atoms with Gasteiger partial charge in [-0.2, -0.15) is 0 Å². The molecule has 3 rings (SSSR count). The fourth-order valence-electron chi connectivity index (χ4n) is 2.47. The van der Waals surface area contributed by atoms with Gasteiger partial charge in [0, 0.05) is 18.3 Å². The second kappa shape index (κ2) is 4.51. The summed E-state index contributed by atoms with van der Waals surface area (Å²) in [5.41, 5.74) is 8.55. The van der Waals surface area contributed by atoms with E-state index in [0.717, 1.165) is 17.7 Å². The van der Waals surface area contributed by atoms with Crippen molar-refractivity contribution in [3.8, 4) is 0 Å². The molecule has 2 N–H and O–H groups in total. The first-order valence-corrected chi connectivity index (χ1v) is 6.23. The van der Waals surface area contributed by atoms with E-state index < -0.39 is 0 Å². The van der Waals surface area contributed by atoms with E-state index in [0.29, 0.717) is 17.9 Å². The summed E-state index contributed by atoms with van der Waals surface area (Å²) in [5.74, 6) is 0.419. The summed E-state index contributed by atoms with van der Waals surface area (Å²) in [6.07, 6.45) is 2.25. The topological polar surface area (TPSA) is 72.4 Å². The van der Waals surface area contributed by atoms with Crippen molar-refractivity contribution < 1.29 is 9.32 Å². The van der Waals surface area contributed by atoms with Gasteiger partial charge in [0.1, 0.15) is 11.3 Å². The monoisotopic (exact) mass is 257 g/mol. The summed E-state index contributed by atoms with van der Waals surface area (Å²) >= 11 is 0. The van der Waals surface area contributed by atoms with Crippen LogP contribution in [-0.2, 0) is 6.42 Å². The van der Waals surface area contributed by atoms with Crippen molar-refractivity contribution in [3.05, 3.63) is 47.3 Å². The van der Waals surface area contributed by atoms with E-state index in [1.165, 1.54) is 6.20 Å². The van der Waals surface area contributed by atoms with Gasteiger partial charge in [-0.05, 0) is 25.0 Å². The number of rotatable bonds is 1. The van der Waals surface area contributed by atoms with Gasteiger partial charge < -0.3 is 15.2 Å². The lowest BCUT2D eigenvalue weighted by atomic mass is 9.98. The van der Waals surface area contributed by atoms with E-state index in [-0.39, 0.29) is 11.9 Å². The van der Waals surface area contributed by atoms with Crippen molar-refractivity contribution in [2.24, 2.45) is 5.73 Å². The van der Waals surface area contributed by atoms with E-state index in [9.17, 15) is 4.79 Å². The molecule has 5 heteroatoms. The van der Waals surface area contributed by atoms with E-state index >= 15 is 0 Å². The number of aryl methyl sites for hydroxylation is 1. The minimum atomic E-state index is -0.110. The molecule has 19 heavy (non-hydrogen) atoms. The molecule has 1 aromatic heterocycles. The van der Waals surface area contributed by atoms with Gasteiger partial charge in [0.15, 0.2) is 0 Å². The number of anilines is 1. The van der Waals surface area contributed by atoms with Crippen LogP contribution in [0.5, 0.6) is 0 Å². The summed E-state index contributed by atoms with van der Waals surface area (Å²) in [6.45, 7) is 2.25. The first-order chi connectivity index (χ1) is 9.16. The van der Waals surface area contributed by atoms with E-state index in [4.69, 9.17) is 10.3 Å². The van der Waals surface area contributed by atoms with E-state index in [1.807, 2.05) is 24.3 Å². The highest BCUT2D eigenvalue weighted by Gasteiger charge is 2.28. The van der Waals surface area contributed by atoms with Crippen LogP contribution < -0.4 is 10.6 Å². The molecule has 0 bridgehead atoms. The van der Waals surface area contributed by atoms with Gasteiger partial charge in [0.25, 0.3) is 5.91 Å². The SMILES string of the molecule is Cc1oncc1C(=O)N1CC(N)Cc2ccccc21. The summed E-state index contributed by atoms with van der Waals surface area (Å²) in [6, 6.07) is 7.80.